The normalized spacial score (nSPS) is 11.8. The largest absolute Gasteiger partial charge is 0.246 e. The van der Waals surface area contributed by atoms with Crippen LogP contribution in [-0.4, -0.2) is 25.3 Å². The van der Waals surface area contributed by atoms with Crippen LogP contribution in [-0.2, 0) is 10.0 Å². The lowest BCUT2D eigenvalue weighted by Gasteiger charge is -2.25. The minimum absolute atomic E-state index is 0.0604. The van der Waals surface area contributed by atoms with Gasteiger partial charge in [-0.25, -0.2) is 12.8 Å². The van der Waals surface area contributed by atoms with Crippen LogP contribution in [0.15, 0.2) is 29.2 Å². The Balaban J connectivity index is 3.19. The molecule has 4 nitrogen and oxygen atoms in total. The molecular weight excluding hydrogens is 255 g/mol. The van der Waals surface area contributed by atoms with E-state index in [0.717, 1.165) is 10.4 Å². The molecule has 0 aliphatic rings. The van der Waals surface area contributed by atoms with Gasteiger partial charge in [0.25, 0.3) is 0 Å². The van der Waals surface area contributed by atoms with E-state index < -0.39 is 15.8 Å². The van der Waals surface area contributed by atoms with Gasteiger partial charge in [-0.3, -0.25) is 0 Å². The summed E-state index contributed by atoms with van der Waals surface area (Å²) in [7, 11) is -3.90. The van der Waals surface area contributed by atoms with Crippen molar-refractivity contribution in [3.8, 4) is 6.07 Å². The Labute approximate surface area is 107 Å². The minimum Gasteiger partial charge on any atom is -0.207 e. The average molecular weight is 270 g/mol. The van der Waals surface area contributed by atoms with Gasteiger partial charge in [-0.15, -0.1) is 0 Å². The maximum Gasteiger partial charge on any atom is 0.246 e. The van der Waals surface area contributed by atoms with E-state index in [9.17, 15) is 12.8 Å². The number of nitrogens with zero attached hydrogens (tertiary/aromatic N) is 2. The lowest BCUT2D eigenvalue weighted by atomic mass is 10.3. The van der Waals surface area contributed by atoms with Crippen LogP contribution in [0.25, 0.3) is 0 Å². The summed E-state index contributed by atoms with van der Waals surface area (Å²) in [5.74, 6) is -0.778. The molecule has 6 heteroatoms. The van der Waals surface area contributed by atoms with Crippen LogP contribution in [0.4, 0.5) is 4.39 Å². The van der Waals surface area contributed by atoms with Crippen LogP contribution >= 0.6 is 0 Å². The first kappa shape index (κ1) is 14.6. The second-order valence-electron chi connectivity index (χ2n) is 4.05. The molecule has 0 fully saturated rings. The molecule has 0 amide bonds. The highest BCUT2D eigenvalue weighted by atomic mass is 32.2. The summed E-state index contributed by atoms with van der Waals surface area (Å²) in [6.07, 6.45) is 0.0753. The molecule has 18 heavy (non-hydrogen) atoms. The molecule has 0 spiro atoms. The van der Waals surface area contributed by atoms with E-state index in [-0.39, 0.29) is 23.9 Å². The third-order valence-corrected chi connectivity index (χ3v) is 4.55. The molecule has 0 atom stereocenters. The van der Waals surface area contributed by atoms with Gasteiger partial charge >= 0.3 is 0 Å². The molecule has 0 heterocycles. The predicted octanol–water partition coefficient (Wildman–Crippen LogP) is 2.14. The number of sulfonamides is 1. The van der Waals surface area contributed by atoms with Gasteiger partial charge in [0.15, 0.2) is 0 Å². The maximum absolute atomic E-state index is 13.6. The smallest absolute Gasteiger partial charge is 0.207 e. The lowest BCUT2D eigenvalue weighted by Crippen LogP contribution is -2.38. The SMILES string of the molecule is CC(C)N(CCC#N)S(=O)(=O)c1ccccc1F. The fourth-order valence-electron chi connectivity index (χ4n) is 1.60. The van der Waals surface area contributed by atoms with Gasteiger partial charge in [-0.05, 0) is 26.0 Å². The Morgan fingerprint density at radius 1 is 1.39 bits per heavy atom. The van der Waals surface area contributed by atoms with Crippen LogP contribution in [0, 0.1) is 17.1 Å². The molecule has 0 bridgehead atoms. The Kier molecular flexibility index (Phi) is 4.82. The minimum atomic E-state index is -3.90. The zero-order chi connectivity index (χ0) is 13.8. The third-order valence-electron chi connectivity index (χ3n) is 2.44. The van der Waals surface area contributed by atoms with Crippen LogP contribution < -0.4 is 0 Å². The highest BCUT2D eigenvalue weighted by Gasteiger charge is 2.28. The highest BCUT2D eigenvalue weighted by molar-refractivity contribution is 7.89. The Morgan fingerprint density at radius 3 is 2.50 bits per heavy atom. The summed E-state index contributed by atoms with van der Waals surface area (Å²) in [5, 5.41) is 8.54. The van der Waals surface area contributed by atoms with Gasteiger partial charge < -0.3 is 0 Å². The molecular formula is C12H15FN2O2S. The summed E-state index contributed by atoms with van der Waals surface area (Å²) < 4.78 is 39.2. The fourth-order valence-corrected chi connectivity index (χ4v) is 3.30. The molecule has 98 valence electrons. The van der Waals surface area contributed by atoms with Crippen molar-refractivity contribution in [2.24, 2.45) is 0 Å². The quantitative estimate of drug-likeness (QED) is 0.823. The highest BCUT2D eigenvalue weighted by Crippen LogP contribution is 2.21. The zero-order valence-electron chi connectivity index (χ0n) is 10.3. The van der Waals surface area contributed by atoms with Gasteiger partial charge in [0.05, 0.1) is 6.07 Å². The summed E-state index contributed by atoms with van der Waals surface area (Å²) in [5.41, 5.74) is 0. The monoisotopic (exact) mass is 270 g/mol. The van der Waals surface area contributed by atoms with Crippen LogP contribution in [0.2, 0.25) is 0 Å². The number of nitriles is 1. The summed E-state index contributed by atoms with van der Waals surface area (Å²) in [6.45, 7) is 3.44. The van der Waals surface area contributed by atoms with Gasteiger partial charge in [0.1, 0.15) is 10.7 Å². The van der Waals surface area contributed by atoms with E-state index in [0.29, 0.717) is 0 Å². The van der Waals surface area contributed by atoms with Crippen LogP contribution in [0.1, 0.15) is 20.3 Å². The van der Waals surface area contributed by atoms with Gasteiger partial charge in [-0.1, -0.05) is 12.1 Å². The number of rotatable bonds is 5. The first-order chi connectivity index (χ1) is 8.41. The van der Waals surface area contributed by atoms with E-state index in [1.165, 1.54) is 18.2 Å². The van der Waals surface area contributed by atoms with E-state index >= 15 is 0 Å². The molecule has 1 aromatic carbocycles. The molecule has 0 aliphatic heterocycles. The molecule has 0 radical (unpaired) electrons. The summed E-state index contributed by atoms with van der Waals surface area (Å²) in [4.78, 5) is -0.350. The molecule has 0 N–H and O–H groups in total. The first-order valence-corrected chi connectivity index (χ1v) is 6.98. The molecule has 0 saturated carbocycles. The van der Waals surface area contributed by atoms with E-state index in [4.69, 9.17) is 5.26 Å². The van der Waals surface area contributed by atoms with Crippen molar-refractivity contribution in [1.29, 1.82) is 5.26 Å². The average Bonchev–Trinajstić information content (AvgIpc) is 2.29. The maximum atomic E-state index is 13.6. The molecule has 1 rings (SSSR count). The number of hydrogen-bond donors (Lipinski definition) is 0. The summed E-state index contributed by atoms with van der Waals surface area (Å²) in [6, 6.07) is 6.80. The van der Waals surface area contributed by atoms with Crippen molar-refractivity contribution in [3.63, 3.8) is 0 Å². The predicted molar refractivity (Wildman–Crippen MR) is 65.7 cm³/mol. The molecule has 0 unspecified atom stereocenters. The number of hydrogen-bond acceptors (Lipinski definition) is 3. The van der Waals surface area contributed by atoms with Crippen molar-refractivity contribution in [1.82, 2.24) is 4.31 Å². The van der Waals surface area contributed by atoms with E-state index in [1.807, 2.05) is 6.07 Å². The van der Waals surface area contributed by atoms with E-state index in [2.05, 4.69) is 0 Å². The van der Waals surface area contributed by atoms with Gasteiger partial charge in [0.2, 0.25) is 10.0 Å². The van der Waals surface area contributed by atoms with Crippen LogP contribution in [0.5, 0.6) is 0 Å². The van der Waals surface area contributed by atoms with E-state index in [1.54, 1.807) is 13.8 Å². The molecule has 0 aromatic heterocycles. The zero-order valence-corrected chi connectivity index (χ0v) is 11.1. The second-order valence-corrected chi connectivity index (χ2v) is 5.91. The van der Waals surface area contributed by atoms with Crippen molar-refractivity contribution in [3.05, 3.63) is 30.1 Å². The Bertz CT molecular complexity index is 549. The molecule has 1 aromatic rings. The van der Waals surface area contributed by atoms with Crippen LogP contribution in [0.3, 0.4) is 0 Å². The van der Waals surface area contributed by atoms with Crippen molar-refractivity contribution >= 4 is 10.0 Å². The molecule has 0 aliphatic carbocycles. The van der Waals surface area contributed by atoms with Gasteiger partial charge in [-0.2, -0.15) is 9.57 Å². The standard InChI is InChI=1S/C12H15FN2O2S/c1-10(2)15(9-5-8-14)18(16,17)12-7-4-3-6-11(12)13/h3-4,6-7,10H,5,9H2,1-2H3. The Morgan fingerprint density at radius 2 is 2.00 bits per heavy atom. The second kappa shape index (κ2) is 5.94. The number of halogens is 1. The fraction of sp³-hybridized carbons (Fsp3) is 0.417. The van der Waals surface area contributed by atoms with Crippen molar-refractivity contribution < 1.29 is 12.8 Å². The first-order valence-electron chi connectivity index (χ1n) is 5.54. The topological polar surface area (TPSA) is 61.2 Å². The number of benzene rings is 1. The van der Waals surface area contributed by atoms with Crippen molar-refractivity contribution in [2.75, 3.05) is 6.54 Å². The third kappa shape index (κ3) is 3.06. The van der Waals surface area contributed by atoms with Gasteiger partial charge in [0, 0.05) is 19.0 Å². The Hall–Kier alpha value is -1.45. The summed E-state index contributed by atoms with van der Waals surface area (Å²) >= 11 is 0. The molecule has 0 saturated heterocycles. The van der Waals surface area contributed by atoms with Crippen molar-refractivity contribution in [2.45, 2.75) is 31.2 Å². The lowest BCUT2D eigenvalue weighted by molar-refractivity contribution is 0.358.